The van der Waals surface area contributed by atoms with Crippen molar-refractivity contribution in [2.45, 2.75) is 104 Å². The van der Waals surface area contributed by atoms with Gasteiger partial charge in [-0.05, 0) is 44.9 Å². The Kier molecular flexibility index (Phi) is 20.3. The molecule has 0 spiro atoms. The number of ether oxygens (including phenoxy) is 2. The first-order valence-corrected chi connectivity index (χ1v) is 10.3. The van der Waals surface area contributed by atoms with Gasteiger partial charge in [0, 0.05) is 19.8 Å². The second-order valence-electron chi connectivity index (χ2n) is 6.56. The van der Waals surface area contributed by atoms with Crippen molar-refractivity contribution < 1.29 is 14.6 Å². The maximum Gasteiger partial charge on any atom is 0.157 e. The highest BCUT2D eigenvalue weighted by atomic mass is 16.7. The number of aliphatic hydroxyl groups is 1. The summed E-state index contributed by atoms with van der Waals surface area (Å²) in [7, 11) is 0. The van der Waals surface area contributed by atoms with E-state index < -0.39 is 0 Å². The molecule has 0 fully saturated rings. The Morgan fingerprint density at radius 1 is 0.708 bits per heavy atom. The molecule has 0 radical (unpaired) electrons. The average Bonchev–Trinajstić information content (AvgIpc) is 2.59. The Hall–Kier alpha value is -0.380. The standard InChI is InChI=1S/C21H42O3/c1-3-5-7-15-19-23-21(24-20-16-8-6-4-2)17-13-11-9-10-12-14-18-22/h10,12,21-22H,3-9,11,13-20H2,1-2H3/b12-10-. The molecule has 0 atom stereocenters. The first-order chi connectivity index (χ1) is 11.8. The Labute approximate surface area is 150 Å². The van der Waals surface area contributed by atoms with Crippen LogP contribution in [0.2, 0.25) is 0 Å². The van der Waals surface area contributed by atoms with Crippen molar-refractivity contribution in [3.05, 3.63) is 12.2 Å². The molecule has 0 aliphatic heterocycles. The van der Waals surface area contributed by atoms with Crippen molar-refractivity contribution in [2.75, 3.05) is 19.8 Å². The summed E-state index contributed by atoms with van der Waals surface area (Å²) in [6.45, 7) is 6.37. The lowest BCUT2D eigenvalue weighted by molar-refractivity contribution is -0.148. The van der Waals surface area contributed by atoms with Crippen molar-refractivity contribution >= 4 is 0 Å². The van der Waals surface area contributed by atoms with Gasteiger partial charge >= 0.3 is 0 Å². The van der Waals surface area contributed by atoms with Gasteiger partial charge in [0.1, 0.15) is 0 Å². The second kappa shape index (κ2) is 20.7. The minimum atomic E-state index is -0.0188. The van der Waals surface area contributed by atoms with Crippen molar-refractivity contribution in [3.8, 4) is 0 Å². The summed E-state index contributed by atoms with van der Waals surface area (Å²) in [6.07, 6.45) is 19.3. The van der Waals surface area contributed by atoms with Crippen LogP contribution in [0.3, 0.4) is 0 Å². The van der Waals surface area contributed by atoms with E-state index in [1.54, 1.807) is 0 Å². The lowest BCUT2D eigenvalue weighted by atomic mass is 10.1. The molecule has 0 rings (SSSR count). The average molecular weight is 343 g/mol. The molecule has 3 heteroatoms. The van der Waals surface area contributed by atoms with Crippen LogP contribution >= 0.6 is 0 Å². The normalized spacial score (nSPS) is 11.8. The van der Waals surface area contributed by atoms with Crippen LogP contribution in [-0.2, 0) is 9.47 Å². The van der Waals surface area contributed by atoms with Crippen LogP contribution in [0.1, 0.15) is 97.3 Å². The number of unbranched alkanes of at least 4 members (excludes halogenated alkanes) is 8. The van der Waals surface area contributed by atoms with Gasteiger partial charge in [0.15, 0.2) is 6.29 Å². The predicted octanol–water partition coefficient (Wildman–Crippen LogP) is 6.01. The smallest absolute Gasteiger partial charge is 0.157 e. The van der Waals surface area contributed by atoms with E-state index in [9.17, 15) is 0 Å². The minimum absolute atomic E-state index is 0.0188. The van der Waals surface area contributed by atoms with Gasteiger partial charge in [-0.3, -0.25) is 0 Å². The Morgan fingerprint density at radius 3 is 1.83 bits per heavy atom. The monoisotopic (exact) mass is 342 g/mol. The summed E-state index contributed by atoms with van der Waals surface area (Å²) in [4.78, 5) is 0. The van der Waals surface area contributed by atoms with E-state index in [0.717, 1.165) is 58.2 Å². The van der Waals surface area contributed by atoms with Crippen LogP contribution in [-0.4, -0.2) is 31.2 Å². The van der Waals surface area contributed by atoms with E-state index in [0.29, 0.717) is 0 Å². The molecule has 1 N–H and O–H groups in total. The lowest BCUT2D eigenvalue weighted by Crippen LogP contribution is -2.19. The third kappa shape index (κ3) is 18.0. The third-order valence-electron chi connectivity index (χ3n) is 4.13. The predicted molar refractivity (Wildman–Crippen MR) is 103 cm³/mol. The number of hydrogen-bond acceptors (Lipinski definition) is 3. The molecule has 0 heterocycles. The molecule has 0 aromatic rings. The van der Waals surface area contributed by atoms with Gasteiger partial charge in [0.25, 0.3) is 0 Å². The second-order valence-corrected chi connectivity index (χ2v) is 6.56. The highest BCUT2D eigenvalue weighted by Gasteiger charge is 2.09. The van der Waals surface area contributed by atoms with Gasteiger partial charge in [0.2, 0.25) is 0 Å². The van der Waals surface area contributed by atoms with Gasteiger partial charge < -0.3 is 14.6 Å². The molecule has 0 saturated heterocycles. The van der Waals surface area contributed by atoms with E-state index in [1.807, 2.05) is 0 Å². The SMILES string of the molecule is CCCCCCOC(CCCC/C=C\CCO)OCCCCCC. The van der Waals surface area contributed by atoms with E-state index in [-0.39, 0.29) is 12.9 Å². The molecule has 144 valence electrons. The molecule has 0 amide bonds. The van der Waals surface area contributed by atoms with E-state index in [1.165, 1.54) is 38.5 Å². The lowest BCUT2D eigenvalue weighted by Gasteiger charge is -2.18. The van der Waals surface area contributed by atoms with E-state index in [4.69, 9.17) is 14.6 Å². The fourth-order valence-electron chi connectivity index (χ4n) is 2.59. The zero-order valence-corrected chi connectivity index (χ0v) is 16.3. The number of rotatable bonds is 19. The first kappa shape index (κ1) is 23.6. The van der Waals surface area contributed by atoms with Crippen molar-refractivity contribution in [1.82, 2.24) is 0 Å². The maximum absolute atomic E-state index is 8.73. The Bertz CT molecular complexity index is 239. The summed E-state index contributed by atoms with van der Waals surface area (Å²) in [6, 6.07) is 0. The zero-order valence-electron chi connectivity index (χ0n) is 16.3. The van der Waals surface area contributed by atoms with Crippen molar-refractivity contribution in [1.29, 1.82) is 0 Å². The molecule has 0 aromatic heterocycles. The highest BCUT2D eigenvalue weighted by molar-refractivity contribution is 4.80. The zero-order chi connectivity index (χ0) is 17.7. The highest BCUT2D eigenvalue weighted by Crippen LogP contribution is 2.12. The number of hydrogen-bond donors (Lipinski definition) is 1. The Morgan fingerprint density at radius 2 is 1.29 bits per heavy atom. The van der Waals surface area contributed by atoms with Gasteiger partial charge in [0.05, 0.1) is 0 Å². The molecule has 3 nitrogen and oxygen atoms in total. The van der Waals surface area contributed by atoms with Crippen molar-refractivity contribution in [3.63, 3.8) is 0 Å². The molecule has 0 unspecified atom stereocenters. The first-order valence-electron chi connectivity index (χ1n) is 10.3. The third-order valence-corrected chi connectivity index (χ3v) is 4.13. The molecule has 0 aliphatic carbocycles. The minimum Gasteiger partial charge on any atom is -0.396 e. The largest absolute Gasteiger partial charge is 0.396 e. The van der Waals surface area contributed by atoms with Gasteiger partial charge in [-0.15, -0.1) is 0 Å². The van der Waals surface area contributed by atoms with Gasteiger partial charge in [-0.25, -0.2) is 0 Å². The fraction of sp³-hybridized carbons (Fsp3) is 0.905. The van der Waals surface area contributed by atoms with Crippen LogP contribution < -0.4 is 0 Å². The fourth-order valence-corrected chi connectivity index (χ4v) is 2.59. The summed E-state index contributed by atoms with van der Waals surface area (Å²) < 4.78 is 11.9. The number of aliphatic hydroxyl groups excluding tert-OH is 1. The molecule has 0 aromatic carbocycles. The molecule has 0 bridgehead atoms. The number of allylic oxidation sites excluding steroid dienone is 1. The van der Waals surface area contributed by atoms with Crippen LogP contribution in [0.5, 0.6) is 0 Å². The summed E-state index contributed by atoms with van der Waals surface area (Å²) >= 11 is 0. The topological polar surface area (TPSA) is 38.7 Å². The molecular weight excluding hydrogens is 300 g/mol. The van der Waals surface area contributed by atoms with Crippen LogP contribution in [0.4, 0.5) is 0 Å². The maximum atomic E-state index is 8.73. The quantitative estimate of drug-likeness (QED) is 0.178. The Balaban J connectivity index is 3.80. The van der Waals surface area contributed by atoms with Crippen LogP contribution in [0, 0.1) is 0 Å². The van der Waals surface area contributed by atoms with Crippen LogP contribution in [0.15, 0.2) is 12.2 Å². The van der Waals surface area contributed by atoms with E-state index >= 15 is 0 Å². The molecule has 0 saturated carbocycles. The van der Waals surface area contributed by atoms with Gasteiger partial charge in [-0.1, -0.05) is 64.5 Å². The molecular formula is C21H42O3. The van der Waals surface area contributed by atoms with E-state index in [2.05, 4.69) is 26.0 Å². The summed E-state index contributed by atoms with van der Waals surface area (Å²) in [5.74, 6) is 0. The van der Waals surface area contributed by atoms with Crippen LogP contribution in [0.25, 0.3) is 0 Å². The van der Waals surface area contributed by atoms with Crippen molar-refractivity contribution in [2.24, 2.45) is 0 Å². The summed E-state index contributed by atoms with van der Waals surface area (Å²) in [5.41, 5.74) is 0. The molecule has 24 heavy (non-hydrogen) atoms. The van der Waals surface area contributed by atoms with Gasteiger partial charge in [-0.2, -0.15) is 0 Å². The summed E-state index contributed by atoms with van der Waals surface area (Å²) in [5, 5.41) is 8.73. The molecule has 0 aliphatic rings.